The largest absolute Gasteiger partial charge is 0.371 e. The number of piperidine rings is 1. The van der Waals surface area contributed by atoms with Gasteiger partial charge in [0.1, 0.15) is 0 Å². The van der Waals surface area contributed by atoms with Crippen LogP contribution in [0.4, 0.5) is 5.69 Å². The molecule has 0 atom stereocenters. The minimum atomic E-state index is 0.608. The van der Waals surface area contributed by atoms with E-state index in [-0.39, 0.29) is 0 Å². The van der Waals surface area contributed by atoms with Gasteiger partial charge in [-0.15, -0.1) is 0 Å². The van der Waals surface area contributed by atoms with Crippen molar-refractivity contribution in [3.8, 4) is 0 Å². The summed E-state index contributed by atoms with van der Waals surface area (Å²) in [6.45, 7) is 2.11. The Morgan fingerprint density at radius 3 is 2.42 bits per heavy atom. The molecule has 0 amide bonds. The maximum Gasteiger partial charge on any atom is 0.152 e. The molecule has 1 saturated heterocycles. The van der Waals surface area contributed by atoms with Crippen LogP contribution < -0.4 is 4.90 Å². The van der Waals surface area contributed by atoms with Crippen LogP contribution in [0.15, 0.2) is 18.2 Å². The lowest BCUT2D eigenvalue weighted by molar-refractivity contribution is 0.112. The summed E-state index contributed by atoms with van der Waals surface area (Å²) in [5.41, 5.74) is 2.37. The lowest BCUT2D eigenvalue weighted by Crippen LogP contribution is -2.39. The van der Waals surface area contributed by atoms with E-state index in [9.17, 15) is 4.79 Å². The molecule has 0 aromatic heterocycles. The van der Waals surface area contributed by atoms with Gasteiger partial charge in [-0.3, -0.25) is 4.79 Å². The first-order chi connectivity index (χ1) is 9.22. The van der Waals surface area contributed by atoms with Crippen LogP contribution in [-0.4, -0.2) is 19.4 Å². The predicted molar refractivity (Wildman–Crippen MR) is 79.2 cm³/mol. The van der Waals surface area contributed by atoms with E-state index >= 15 is 0 Å². The summed E-state index contributed by atoms with van der Waals surface area (Å²) < 4.78 is 0. The van der Waals surface area contributed by atoms with Crippen LogP contribution >= 0.6 is 11.6 Å². The van der Waals surface area contributed by atoms with Crippen molar-refractivity contribution in [2.45, 2.75) is 38.5 Å². The van der Waals surface area contributed by atoms with Crippen molar-refractivity contribution in [1.82, 2.24) is 0 Å². The quantitative estimate of drug-likeness (QED) is 0.751. The number of rotatable bonds is 2. The zero-order valence-electron chi connectivity index (χ0n) is 11.2. The molecule has 1 heterocycles. The van der Waals surface area contributed by atoms with Gasteiger partial charge in [-0.1, -0.05) is 24.4 Å². The van der Waals surface area contributed by atoms with Gasteiger partial charge in [0.15, 0.2) is 6.29 Å². The number of aldehydes is 1. The van der Waals surface area contributed by atoms with E-state index in [1.54, 1.807) is 6.07 Å². The predicted octanol–water partition coefficient (Wildman–Crippen LogP) is 4.31. The van der Waals surface area contributed by atoms with E-state index in [0.29, 0.717) is 10.4 Å². The number of hydrogen-bond donors (Lipinski definition) is 0. The normalized spacial score (nSPS) is 21.8. The van der Waals surface area contributed by atoms with E-state index in [1.165, 1.54) is 38.5 Å². The highest BCUT2D eigenvalue weighted by Gasteiger charge is 2.37. The molecular formula is C16H20ClNO. The zero-order chi connectivity index (χ0) is 13.3. The van der Waals surface area contributed by atoms with Gasteiger partial charge < -0.3 is 4.90 Å². The Labute approximate surface area is 119 Å². The van der Waals surface area contributed by atoms with E-state index in [4.69, 9.17) is 11.6 Å². The minimum absolute atomic E-state index is 0.608. The minimum Gasteiger partial charge on any atom is -0.371 e. The second-order valence-corrected chi connectivity index (χ2v) is 6.45. The molecule has 1 spiro atoms. The van der Waals surface area contributed by atoms with Crippen molar-refractivity contribution < 1.29 is 4.79 Å². The second kappa shape index (κ2) is 5.16. The third kappa shape index (κ3) is 2.51. The monoisotopic (exact) mass is 277 g/mol. The fourth-order valence-electron chi connectivity index (χ4n) is 3.74. The Kier molecular flexibility index (Phi) is 3.53. The zero-order valence-corrected chi connectivity index (χ0v) is 12.0. The van der Waals surface area contributed by atoms with Crippen molar-refractivity contribution in [2.24, 2.45) is 5.41 Å². The van der Waals surface area contributed by atoms with E-state index in [0.717, 1.165) is 30.6 Å². The molecule has 1 aliphatic heterocycles. The number of hydrogen-bond acceptors (Lipinski definition) is 2. The van der Waals surface area contributed by atoms with Crippen molar-refractivity contribution in [3.05, 3.63) is 28.8 Å². The highest BCUT2D eigenvalue weighted by molar-refractivity contribution is 6.31. The molecule has 1 aromatic carbocycles. The van der Waals surface area contributed by atoms with Crippen LogP contribution in [0.1, 0.15) is 48.9 Å². The van der Waals surface area contributed by atoms with Crippen molar-refractivity contribution in [3.63, 3.8) is 0 Å². The molecule has 1 aliphatic carbocycles. The van der Waals surface area contributed by atoms with E-state index < -0.39 is 0 Å². The first kappa shape index (κ1) is 13.0. The van der Waals surface area contributed by atoms with Gasteiger partial charge in [0.2, 0.25) is 0 Å². The first-order valence-corrected chi connectivity index (χ1v) is 7.60. The fourth-order valence-corrected chi connectivity index (χ4v) is 3.90. The average Bonchev–Trinajstić information content (AvgIpc) is 2.88. The molecule has 2 fully saturated rings. The molecule has 3 heteroatoms. The highest BCUT2D eigenvalue weighted by atomic mass is 35.5. The van der Waals surface area contributed by atoms with Gasteiger partial charge in [-0.25, -0.2) is 0 Å². The summed E-state index contributed by atoms with van der Waals surface area (Å²) in [4.78, 5) is 13.5. The van der Waals surface area contributed by atoms with Gasteiger partial charge in [-0.05, 0) is 49.3 Å². The Morgan fingerprint density at radius 1 is 1.11 bits per heavy atom. The summed E-state index contributed by atoms with van der Waals surface area (Å²) in [6, 6.07) is 5.54. The van der Waals surface area contributed by atoms with Gasteiger partial charge in [0.05, 0.1) is 0 Å². The Morgan fingerprint density at radius 2 is 1.79 bits per heavy atom. The topological polar surface area (TPSA) is 20.3 Å². The highest BCUT2D eigenvalue weighted by Crippen LogP contribution is 2.46. The smallest absolute Gasteiger partial charge is 0.152 e. The number of carbonyl (C=O) groups excluding carboxylic acids is 1. The fraction of sp³-hybridized carbons (Fsp3) is 0.562. The van der Waals surface area contributed by atoms with Crippen LogP contribution in [0.5, 0.6) is 0 Å². The van der Waals surface area contributed by atoms with Crippen molar-refractivity contribution >= 4 is 23.6 Å². The molecule has 0 N–H and O–H groups in total. The van der Waals surface area contributed by atoms with Gasteiger partial charge in [0.25, 0.3) is 0 Å². The van der Waals surface area contributed by atoms with Crippen LogP contribution in [-0.2, 0) is 0 Å². The summed E-state index contributed by atoms with van der Waals surface area (Å²) in [5.74, 6) is 0. The first-order valence-electron chi connectivity index (χ1n) is 7.22. The third-order valence-electron chi connectivity index (χ3n) is 4.95. The van der Waals surface area contributed by atoms with Crippen molar-refractivity contribution in [1.29, 1.82) is 0 Å². The van der Waals surface area contributed by atoms with Crippen LogP contribution in [0, 0.1) is 5.41 Å². The molecule has 1 saturated carbocycles. The Hall–Kier alpha value is -1.02. The summed E-state index contributed by atoms with van der Waals surface area (Å²) in [6.07, 6.45) is 9.06. The van der Waals surface area contributed by atoms with Gasteiger partial charge >= 0.3 is 0 Å². The standard InChI is InChI=1S/C16H20ClNO/c17-14-4-3-13(12-19)15(11-14)18-9-7-16(8-10-18)5-1-2-6-16/h3-4,11-12H,1-2,5-10H2. The molecule has 102 valence electrons. The maximum absolute atomic E-state index is 11.2. The third-order valence-corrected chi connectivity index (χ3v) is 5.18. The number of carbonyl (C=O) groups is 1. The number of anilines is 1. The van der Waals surface area contributed by atoms with E-state index in [1.807, 2.05) is 12.1 Å². The molecule has 0 bridgehead atoms. The summed E-state index contributed by atoms with van der Waals surface area (Å²) in [7, 11) is 0. The Balaban J connectivity index is 1.77. The summed E-state index contributed by atoms with van der Waals surface area (Å²) in [5, 5.41) is 0.710. The number of benzene rings is 1. The maximum atomic E-state index is 11.2. The average molecular weight is 278 g/mol. The molecule has 1 aromatic rings. The molecule has 3 rings (SSSR count). The number of halogens is 1. The van der Waals surface area contributed by atoms with Gasteiger partial charge in [-0.2, -0.15) is 0 Å². The molecule has 0 unspecified atom stereocenters. The van der Waals surface area contributed by atoms with Gasteiger partial charge in [0, 0.05) is 29.4 Å². The van der Waals surface area contributed by atoms with Crippen LogP contribution in [0.2, 0.25) is 5.02 Å². The lowest BCUT2D eigenvalue weighted by atomic mass is 9.77. The molecule has 19 heavy (non-hydrogen) atoms. The van der Waals surface area contributed by atoms with Crippen molar-refractivity contribution in [2.75, 3.05) is 18.0 Å². The number of nitrogens with zero attached hydrogens (tertiary/aromatic N) is 1. The molecule has 0 radical (unpaired) electrons. The molecule has 2 nitrogen and oxygen atoms in total. The molecular weight excluding hydrogens is 258 g/mol. The second-order valence-electron chi connectivity index (χ2n) is 6.02. The Bertz CT molecular complexity index is 470. The lowest BCUT2D eigenvalue weighted by Gasteiger charge is -2.41. The van der Waals surface area contributed by atoms with Crippen LogP contribution in [0.25, 0.3) is 0 Å². The molecule has 2 aliphatic rings. The van der Waals surface area contributed by atoms with Crippen LogP contribution in [0.3, 0.4) is 0 Å². The summed E-state index contributed by atoms with van der Waals surface area (Å²) >= 11 is 6.07. The van der Waals surface area contributed by atoms with E-state index in [2.05, 4.69) is 4.90 Å². The SMILES string of the molecule is O=Cc1ccc(Cl)cc1N1CCC2(CCCC2)CC1.